The van der Waals surface area contributed by atoms with Gasteiger partial charge in [-0.15, -0.1) is 0 Å². The molecule has 0 aliphatic carbocycles. The number of imide groups is 1. The molecule has 0 fully saturated rings. The van der Waals surface area contributed by atoms with Gasteiger partial charge in [0, 0.05) is 11.8 Å². The maximum absolute atomic E-state index is 13.5. The van der Waals surface area contributed by atoms with Crippen LogP contribution in [0.5, 0.6) is 11.5 Å². The number of benzene rings is 3. The third-order valence-electron chi connectivity index (χ3n) is 5.06. The number of anilines is 2. The molecule has 4 rings (SSSR count). The average molecular weight is 414 g/mol. The number of nitrogens with zero attached hydrogens (tertiary/aromatic N) is 1. The van der Waals surface area contributed by atoms with E-state index in [4.69, 9.17) is 9.47 Å². The highest BCUT2D eigenvalue weighted by Crippen LogP contribution is 2.38. The number of carbonyl (C=O) groups excluding carboxylic acids is 2. The summed E-state index contributed by atoms with van der Waals surface area (Å²) in [5.41, 5.74) is 3.12. The molecule has 0 bridgehead atoms. The second kappa shape index (κ2) is 8.36. The van der Waals surface area contributed by atoms with Crippen LogP contribution in [0.4, 0.5) is 11.4 Å². The van der Waals surface area contributed by atoms with Crippen LogP contribution in [0.2, 0.25) is 0 Å². The minimum absolute atomic E-state index is 0.202. The van der Waals surface area contributed by atoms with Gasteiger partial charge in [-0.05, 0) is 42.3 Å². The molecule has 1 aliphatic heterocycles. The molecule has 0 atom stereocenters. The molecule has 1 heterocycles. The SMILES string of the molecule is COc1cccc(NC2=C(c3ccccc3)C(=O)N(c3cc(C)ccc3OC)C2=O)c1. The van der Waals surface area contributed by atoms with Crippen molar-refractivity contribution >= 4 is 28.8 Å². The van der Waals surface area contributed by atoms with Crippen LogP contribution in [0.1, 0.15) is 11.1 Å². The number of nitrogens with one attached hydrogen (secondary N) is 1. The minimum Gasteiger partial charge on any atom is -0.497 e. The molecule has 3 aromatic carbocycles. The Kier molecular flexibility index (Phi) is 5.45. The largest absolute Gasteiger partial charge is 0.497 e. The van der Waals surface area contributed by atoms with E-state index in [1.807, 2.05) is 61.5 Å². The lowest BCUT2D eigenvalue weighted by atomic mass is 10.0. The topological polar surface area (TPSA) is 67.9 Å². The molecular formula is C25H22N2O4. The second-order valence-corrected chi connectivity index (χ2v) is 7.09. The van der Waals surface area contributed by atoms with Crippen LogP contribution >= 0.6 is 0 Å². The summed E-state index contributed by atoms with van der Waals surface area (Å²) in [4.78, 5) is 28.2. The fourth-order valence-electron chi connectivity index (χ4n) is 3.56. The van der Waals surface area contributed by atoms with Crippen LogP contribution < -0.4 is 19.7 Å². The molecule has 6 heteroatoms. The van der Waals surface area contributed by atoms with Crippen molar-refractivity contribution in [2.45, 2.75) is 6.92 Å². The Bertz CT molecular complexity index is 1190. The third kappa shape index (κ3) is 3.75. The summed E-state index contributed by atoms with van der Waals surface area (Å²) in [7, 11) is 3.09. The van der Waals surface area contributed by atoms with E-state index < -0.39 is 11.8 Å². The normalized spacial score (nSPS) is 13.6. The van der Waals surface area contributed by atoms with Gasteiger partial charge in [-0.2, -0.15) is 0 Å². The van der Waals surface area contributed by atoms with Crippen molar-refractivity contribution < 1.29 is 19.1 Å². The molecule has 6 nitrogen and oxygen atoms in total. The Morgan fingerprint density at radius 1 is 0.806 bits per heavy atom. The Labute approximate surface area is 180 Å². The fourth-order valence-corrected chi connectivity index (χ4v) is 3.56. The quantitative estimate of drug-likeness (QED) is 0.605. The van der Waals surface area contributed by atoms with Crippen molar-refractivity contribution in [2.75, 3.05) is 24.4 Å². The molecule has 3 aromatic rings. The lowest BCUT2D eigenvalue weighted by molar-refractivity contribution is -0.120. The van der Waals surface area contributed by atoms with E-state index in [2.05, 4.69) is 5.32 Å². The van der Waals surface area contributed by atoms with Gasteiger partial charge < -0.3 is 14.8 Å². The number of methoxy groups -OCH3 is 2. The Balaban J connectivity index is 1.84. The number of amides is 2. The van der Waals surface area contributed by atoms with E-state index in [0.717, 1.165) is 10.5 Å². The van der Waals surface area contributed by atoms with E-state index in [9.17, 15) is 9.59 Å². The highest BCUT2D eigenvalue weighted by molar-refractivity contribution is 6.46. The number of carbonyl (C=O) groups is 2. The predicted octanol–water partition coefficient (Wildman–Crippen LogP) is 4.41. The number of hydrogen-bond donors (Lipinski definition) is 1. The van der Waals surface area contributed by atoms with E-state index in [1.165, 1.54) is 7.11 Å². The van der Waals surface area contributed by atoms with Crippen molar-refractivity contribution in [1.82, 2.24) is 0 Å². The summed E-state index contributed by atoms with van der Waals surface area (Å²) in [5.74, 6) is 0.226. The molecule has 1 N–H and O–H groups in total. The maximum atomic E-state index is 13.5. The molecule has 2 amide bonds. The standard InChI is InChI=1S/C25H22N2O4/c1-16-12-13-21(31-3)20(14-16)27-24(28)22(17-8-5-4-6-9-17)23(25(27)29)26-18-10-7-11-19(15-18)30-2/h4-15,26H,1-3H3. The van der Waals surface area contributed by atoms with Gasteiger partial charge in [0.2, 0.25) is 0 Å². The smallest absolute Gasteiger partial charge is 0.282 e. The van der Waals surface area contributed by atoms with Gasteiger partial charge in [0.05, 0.1) is 25.5 Å². The molecule has 156 valence electrons. The monoisotopic (exact) mass is 414 g/mol. The minimum atomic E-state index is -0.449. The van der Waals surface area contributed by atoms with Crippen molar-refractivity contribution in [3.8, 4) is 11.5 Å². The van der Waals surface area contributed by atoms with Gasteiger partial charge in [0.15, 0.2) is 0 Å². The Hall–Kier alpha value is -4.06. The van der Waals surface area contributed by atoms with Crippen molar-refractivity contribution in [3.63, 3.8) is 0 Å². The van der Waals surface area contributed by atoms with Crippen LogP contribution in [0, 0.1) is 6.92 Å². The molecule has 0 radical (unpaired) electrons. The first-order valence-corrected chi connectivity index (χ1v) is 9.77. The van der Waals surface area contributed by atoms with E-state index in [0.29, 0.717) is 34.0 Å². The first-order chi connectivity index (χ1) is 15.0. The van der Waals surface area contributed by atoms with E-state index in [1.54, 1.807) is 25.3 Å². The summed E-state index contributed by atoms with van der Waals surface area (Å²) >= 11 is 0. The zero-order valence-electron chi connectivity index (χ0n) is 17.5. The molecule has 31 heavy (non-hydrogen) atoms. The zero-order valence-corrected chi connectivity index (χ0v) is 17.5. The van der Waals surface area contributed by atoms with Gasteiger partial charge in [-0.25, -0.2) is 4.90 Å². The van der Waals surface area contributed by atoms with Crippen molar-refractivity contribution in [3.05, 3.63) is 89.6 Å². The highest BCUT2D eigenvalue weighted by atomic mass is 16.5. The number of aryl methyl sites for hydroxylation is 1. The van der Waals surface area contributed by atoms with E-state index >= 15 is 0 Å². The van der Waals surface area contributed by atoms with Crippen molar-refractivity contribution in [1.29, 1.82) is 0 Å². The fraction of sp³-hybridized carbons (Fsp3) is 0.120. The lowest BCUT2D eigenvalue weighted by Gasteiger charge is -2.19. The summed E-state index contributed by atoms with van der Waals surface area (Å²) < 4.78 is 10.7. The number of ether oxygens (including phenoxy) is 2. The van der Waals surface area contributed by atoms with Crippen LogP contribution in [0.3, 0.4) is 0 Å². The highest BCUT2D eigenvalue weighted by Gasteiger charge is 2.41. The Morgan fingerprint density at radius 3 is 2.29 bits per heavy atom. The number of rotatable bonds is 6. The van der Waals surface area contributed by atoms with Gasteiger partial charge in [-0.3, -0.25) is 9.59 Å². The first-order valence-electron chi connectivity index (χ1n) is 9.77. The van der Waals surface area contributed by atoms with Crippen LogP contribution in [0.25, 0.3) is 5.57 Å². The van der Waals surface area contributed by atoms with Crippen LogP contribution in [-0.2, 0) is 9.59 Å². The third-order valence-corrected chi connectivity index (χ3v) is 5.06. The van der Waals surface area contributed by atoms with Crippen molar-refractivity contribution in [2.24, 2.45) is 0 Å². The molecule has 0 saturated carbocycles. The average Bonchev–Trinajstić information content (AvgIpc) is 3.03. The van der Waals surface area contributed by atoms with Crippen LogP contribution in [0.15, 0.2) is 78.5 Å². The molecule has 1 aliphatic rings. The predicted molar refractivity (Wildman–Crippen MR) is 120 cm³/mol. The zero-order chi connectivity index (χ0) is 22.0. The lowest BCUT2D eigenvalue weighted by Crippen LogP contribution is -2.32. The molecule has 0 aromatic heterocycles. The maximum Gasteiger partial charge on any atom is 0.282 e. The summed E-state index contributed by atoms with van der Waals surface area (Å²) in [6.45, 7) is 1.90. The second-order valence-electron chi connectivity index (χ2n) is 7.09. The van der Waals surface area contributed by atoms with Gasteiger partial charge in [0.25, 0.3) is 11.8 Å². The molecule has 0 unspecified atom stereocenters. The summed E-state index contributed by atoms with van der Waals surface area (Å²) in [6, 6.07) is 21.7. The first kappa shape index (κ1) is 20.2. The van der Waals surface area contributed by atoms with Gasteiger partial charge in [0.1, 0.15) is 17.2 Å². The van der Waals surface area contributed by atoms with Gasteiger partial charge in [-0.1, -0.05) is 42.5 Å². The molecular weight excluding hydrogens is 392 g/mol. The van der Waals surface area contributed by atoms with E-state index in [-0.39, 0.29) is 5.70 Å². The molecule has 0 spiro atoms. The number of hydrogen-bond acceptors (Lipinski definition) is 5. The van der Waals surface area contributed by atoms with Crippen LogP contribution in [-0.4, -0.2) is 26.0 Å². The summed E-state index contributed by atoms with van der Waals surface area (Å²) in [6.07, 6.45) is 0. The Morgan fingerprint density at radius 2 is 1.58 bits per heavy atom. The van der Waals surface area contributed by atoms with Gasteiger partial charge >= 0.3 is 0 Å². The molecule has 0 saturated heterocycles. The summed E-state index contributed by atoms with van der Waals surface area (Å²) in [5, 5.41) is 3.14.